The van der Waals surface area contributed by atoms with Gasteiger partial charge in [0, 0.05) is 6.54 Å². The summed E-state index contributed by atoms with van der Waals surface area (Å²) in [4.78, 5) is 11.7. The largest absolute Gasteiger partial charge is 0.573 e. The minimum Gasteiger partial charge on any atom is -0.405 e. The normalized spacial score (nSPS) is 12.9. The maximum Gasteiger partial charge on any atom is 0.573 e. The van der Waals surface area contributed by atoms with Crippen LogP contribution in [-0.2, 0) is 0 Å². The van der Waals surface area contributed by atoms with Gasteiger partial charge in [-0.1, -0.05) is 12.1 Å². The minimum absolute atomic E-state index is 0.164. The van der Waals surface area contributed by atoms with Crippen molar-refractivity contribution in [1.29, 1.82) is 0 Å². The van der Waals surface area contributed by atoms with Crippen LogP contribution in [0, 0.1) is 0 Å². The first-order valence-electron chi connectivity index (χ1n) is 5.60. The number of para-hydroxylation sites is 1. The molecule has 0 aromatic heterocycles. The van der Waals surface area contributed by atoms with Crippen molar-refractivity contribution < 1.29 is 27.8 Å². The van der Waals surface area contributed by atoms with Crippen molar-refractivity contribution in [3.05, 3.63) is 29.8 Å². The van der Waals surface area contributed by atoms with Gasteiger partial charge < -0.3 is 15.2 Å². The van der Waals surface area contributed by atoms with E-state index in [-0.39, 0.29) is 12.1 Å². The number of alkyl halides is 3. The zero-order valence-corrected chi connectivity index (χ0v) is 10.2. The van der Waals surface area contributed by atoms with Crippen LogP contribution in [0.25, 0.3) is 0 Å². The van der Waals surface area contributed by atoms with E-state index in [1.807, 2.05) is 0 Å². The molecule has 1 amide bonds. The summed E-state index contributed by atoms with van der Waals surface area (Å²) < 4.78 is 40.2. The van der Waals surface area contributed by atoms with E-state index in [2.05, 4.69) is 10.1 Å². The molecule has 0 bridgehead atoms. The van der Waals surface area contributed by atoms with Crippen molar-refractivity contribution in [3.63, 3.8) is 0 Å². The number of ether oxygens (including phenoxy) is 1. The highest BCUT2D eigenvalue weighted by Gasteiger charge is 2.32. The Balaban J connectivity index is 2.74. The number of rotatable bonds is 5. The molecule has 2 N–H and O–H groups in total. The third-order valence-corrected chi connectivity index (χ3v) is 2.21. The molecule has 106 valence electrons. The number of hydrogen-bond donors (Lipinski definition) is 2. The molecule has 7 heteroatoms. The molecule has 0 spiro atoms. The molecule has 0 aliphatic heterocycles. The van der Waals surface area contributed by atoms with Gasteiger partial charge in [0.15, 0.2) is 0 Å². The van der Waals surface area contributed by atoms with E-state index < -0.39 is 24.1 Å². The Bertz CT molecular complexity index is 432. The minimum atomic E-state index is -4.85. The van der Waals surface area contributed by atoms with E-state index in [1.54, 1.807) is 6.92 Å². The van der Waals surface area contributed by atoms with Crippen LogP contribution in [0.15, 0.2) is 24.3 Å². The van der Waals surface area contributed by atoms with E-state index in [1.165, 1.54) is 18.2 Å². The van der Waals surface area contributed by atoms with Crippen LogP contribution in [-0.4, -0.2) is 30.0 Å². The zero-order valence-electron chi connectivity index (χ0n) is 10.2. The Labute approximate surface area is 108 Å². The van der Waals surface area contributed by atoms with Crippen molar-refractivity contribution in [1.82, 2.24) is 5.32 Å². The summed E-state index contributed by atoms with van der Waals surface area (Å²) in [6, 6.07) is 5.08. The number of hydrogen-bond acceptors (Lipinski definition) is 3. The van der Waals surface area contributed by atoms with Gasteiger partial charge in [-0.05, 0) is 25.5 Å². The molecule has 1 unspecified atom stereocenters. The van der Waals surface area contributed by atoms with Gasteiger partial charge in [-0.3, -0.25) is 4.79 Å². The molecule has 0 saturated heterocycles. The molecule has 0 fully saturated rings. The highest BCUT2D eigenvalue weighted by atomic mass is 19.4. The maximum absolute atomic E-state index is 12.2. The van der Waals surface area contributed by atoms with E-state index in [9.17, 15) is 18.0 Å². The molecule has 19 heavy (non-hydrogen) atoms. The molecule has 0 radical (unpaired) electrons. The third kappa shape index (κ3) is 5.60. The summed E-state index contributed by atoms with van der Waals surface area (Å²) in [6.45, 7) is 1.71. The fraction of sp³-hybridized carbons (Fsp3) is 0.417. The number of aliphatic hydroxyl groups excluding tert-OH is 1. The average Bonchev–Trinajstić information content (AvgIpc) is 2.26. The number of nitrogens with one attached hydrogen (secondary N) is 1. The van der Waals surface area contributed by atoms with E-state index in [0.717, 1.165) is 6.07 Å². The first-order chi connectivity index (χ1) is 8.79. The van der Waals surface area contributed by atoms with Gasteiger partial charge in [0.1, 0.15) is 5.75 Å². The maximum atomic E-state index is 12.2. The zero-order chi connectivity index (χ0) is 14.5. The van der Waals surface area contributed by atoms with Gasteiger partial charge >= 0.3 is 6.36 Å². The SMILES string of the molecule is CC(O)CCNC(=O)c1ccccc1OC(F)(F)F. The lowest BCUT2D eigenvalue weighted by Gasteiger charge is -2.13. The molecule has 1 aromatic rings. The monoisotopic (exact) mass is 277 g/mol. The summed E-state index contributed by atoms with van der Waals surface area (Å²) in [7, 11) is 0. The van der Waals surface area contributed by atoms with Gasteiger partial charge in [-0.2, -0.15) is 0 Å². The Kier molecular flexibility index (Phi) is 5.17. The predicted molar refractivity (Wildman–Crippen MR) is 61.8 cm³/mol. The number of amides is 1. The number of halogens is 3. The van der Waals surface area contributed by atoms with Gasteiger partial charge in [0.05, 0.1) is 11.7 Å². The van der Waals surface area contributed by atoms with Crippen LogP contribution in [0.5, 0.6) is 5.75 Å². The molecule has 1 rings (SSSR count). The average molecular weight is 277 g/mol. The highest BCUT2D eigenvalue weighted by Crippen LogP contribution is 2.26. The van der Waals surface area contributed by atoms with Crippen LogP contribution in [0.3, 0.4) is 0 Å². The fourth-order valence-electron chi connectivity index (χ4n) is 1.36. The Morgan fingerprint density at radius 2 is 2.05 bits per heavy atom. The molecule has 0 saturated carbocycles. The Morgan fingerprint density at radius 3 is 2.63 bits per heavy atom. The second-order valence-corrected chi connectivity index (χ2v) is 3.94. The molecule has 0 aliphatic carbocycles. The summed E-state index contributed by atoms with van der Waals surface area (Å²) in [6.07, 6.45) is -5.13. The fourth-order valence-corrected chi connectivity index (χ4v) is 1.36. The van der Waals surface area contributed by atoms with Gasteiger partial charge in [0.2, 0.25) is 0 Å². The van der Waals surface area contributed by atoms with Crippen molar-refractivity contribution in [2.24, 2.45) is 0 Å². The first-order valence-corrected chi connectivity index (χ1v) is 5.60. The van der Waals surface area contributed by atoms with Crippen molar-refractivity contribution in [2.75, 3.05) is 6.54 Å². The first kappa shape index (κ1) is 15.3. The van der Waals surface area contributed by atoms with Gasteiger partial charge in [0.25, 0.3) is 5.91 Å². The number of benzene rings is 1. The molecule has 1 atom stereocenters. The number of carbonyl (C=O) groups excluding carboxylic acids is 1. The molecular formula is C12H14F3NO3. The second-order valence-electron chi connectivity index (χ2n) is 3.94. The standard InChI is InChI=1S/C12H14F3NO3/c1-8(17)6-7-16-11(18)9-4-2-3-5-10(9)19-12(13,14)15/h2-5,8,17H,6-7H2,1H3,(H,16,18). The van der Waals surface area contributed by atoms with Crippen LogP contribution in [0.2, 0.25) is 0 Å². The topological polar surface area (TPSA) is 58.6 Å². The van der Waals surface area contributed by atoms with Crippen LogP contribution in [0.1, 0.15) is 23.7 Å². The number of carbonyl (C=O) groups is 1. The smallest absolute Gasteiger partial charge is 0.405 e. The quantitative estimate of drug-likeness (QED) is 0.866. The lowest BCUT2D eigenvalue weighted by atomic mass is 10.2. The second kappa shape index (κ2) is 6.42. The van der Waals surface area contributed by atoms with Crippen molar-refractivity contribution >= 4 is 5.91 Å². The van der Waals surface area contributed by atoms with Gasteiger partial charge in [-0.15, -0.1) is 13.2 Å². The summed E-state index contributed by atoms with van der Waals surface area (Å²) in [5.74, 6) is -1.23. The lowest BCUT2D eigenvalue weighted by molar-refractivity contribution is -0.274. The number of aliphatic hydroxyl groups is 1. The third-order valence-electron chi connectivity index (χ3n) is 2.21. The van der Waals surface area contributed by atoms with Crippen molar-refractivity contribution in [2.45, 2.75) is 25.8 Å². The Morgan fingerprint density at radius 1 is 1.42 bits per heavy atom. The van der Waals surface area contributed by atoms with E-state index in [0.29, 0.717) is 6.42 Å². The summed E-state index contributed by atoms with van der Waals surface area (Å²) >= 11 is 0. The Hall–Kier alpha value is -1.76. The summed E-state index contributed by atoms with van der Waals surface area (Å²) in [5, 5.41) is 11.4. The van der Waals surface area contributed by atoms with Crippen LogP contribution in [0.4, 0.5) is 13.2 Å². The molecule has 0 aliphatic rings. The highest BCUT2D eigenvalue weighted by molar-refractivity contribution is 5.96. The molecule has 1 aromatic carbocycles. The van der Waals surface area contributed by atoms with Gasteiger partial charge in [-0.25, -0.2) is 0 Å². The van der Waals surface area contributed by atoms with E-state index in [4.69, 9.17) is 5.11 Å². The van der Waals surface area contributed by atoms with Crippen LogP contribution >= 0.6 is 0 Å². The molecule has 0 heterocycles. The predicted octanol–water partition coefficient (Wildman–Crippen LogP) is 2.09. The van der Waals surface area contributed by atoms with Crippen LogP contribution < -0.4 is 10.1 Å². The summed E-state index contributed by atoms with van der Waals surface area (Å²) in [5.41, 5.74) is -0.203. The molecular weight excluding hydrogens is 263 g/mol. The van der Waals surface area contributed by atoms with E-state index >= 15 is 0 Å². The lowest BCUT2D eigenvalue weighted by Crippen LogP contribution is -2.28. The molecule has 4 nitrogen and oxygen atoms in total. The van der Waals surface area contributed by atoms with Crippen molar-refractivity contribution in [3.8, 4) is 5.75 Å².